The number of hydrogen-bond donors (Lipinski definition) is 3. The Morgan fingerprint density at radius 1 is 1.26 bits per heavy atom. The molecule has 0 bridgehead atoms. The van der Waals surface area contributed by atoms with E-state index in [2.05, 4.69) is 10.6 Å². The quantitative estimate of drug-likeness (QED) is 0.663. The number of benzene rings is 1. The Labute approximate surface area is 141 Å². The maximum absolute atomic E-state index is 11.7. The second-order valence-electron chi connectivity index (χ2n) is 6.05. The summed E-state index contributed by atoms with van der Waals surface area (Å²) in [5, 5.41) is 14.7. The van der Waals surface area contributed by atoms with Crippen LogP contribution >= 0.6 is 11.6 Å². The molecule has 0 heterocycles. The van der Waals surface area contributed by atoms with Gasteiger partial charge < -0.3 is 20.5 Å². The van der Waals surface area contributed by atoms with E-state index in [0.717, 1.165) is 11.3 Å². The molecule has 0 unspecified atom stereocenters. The Bertz CT molecular complexity index is 526. The first kappa shape index (κ1) is 19.1. The average molecular weight is 343 g/mol. The molecule has 0 saturated heterocycles. The van der Waals surface area contributed by atoms with Gasteiger partial charge in [-0.05, 0) is 38.5 Å². The van der Waals surface area contributed by atoms with Gasteiger partial charge in [0.1, 0.15) is 11.6 Å². The molecular weight excluding hydrogens is 320 g/mol. The number of hydrogen-bond acceptors (Lipinski definition) is 4. The molecule has 1 aromatic rings. The van der Waals surface area contributed by atoms with Gasteiger partial charge in [-0.2, -0.15) is 0 Å². The van der Waals surface area contributed by atoms with Crippen LogP contribution in [0.15, 0.2) is 24.3 Å². The zero-order valence-electron chi connectivity index (χ0n) is 13.6. The summed E-state index contributed by atoms with van der Waals surface area (Å²) in [4.78, 5) is 23.0. The van der Waals surface area contributed by atoms with Crippen LogP contribution in [-0.2, 0) is 16.0 Å². The summed E-state index contributed by atoms with van der Waals surface area (Å²) in [5.74, 6) is -0.608. The Morgan fingerprint density at radius 3 is 2.35 bits per heavy atom. The molecule has 1 rings (SSSR count). The number of alkyl halides is 1. The minimum atomic E-state index is -1.11. The number of aliphatic carboxylic acids is 1. The van der Waals surface area contributed by atoms with Gasteiger partial charge in [0.2, 0.25) is 0 Å². The molecule has 0 spiro atoms. The lowest BCUT2D eigenvalue weighted by Gasteiger charge is -2.22. The van der Waals surface area contributed by atoms with E-state index >= 15 is 0 Å². The van der Waals surface area contributed by atoms with Crippen molar-refractivity contribution in [2.24, 2.45) is 0 Å². The Morgan fingerprint density at radius 2 is 1.87 bits per heavy atom. The lowest BCUT2D eigenvalue weighted by atomic mass is 10.1. The first-order valence-corrected chi connectivity index (χ1v) is 7.86. The van der Waals surface area contributed by atoms with Gasteiger partial charge in [-0.3, -0.25) is 0 Å². The molecule has 1 aromatic carbocycles. The van der Waals surface area contributed by atoms with Crippen LogP contribution in [0.3, 0.4) is 0 Å². The highest BCUT2D eigenvalue weighted by Crippen LogP contribution is 2.12. The number of alkyl carbamates (subject to hydrolysis) is 1. The molecule has 3 N–H and O–H groups in total. The lowest BCUT2D eigenvalue weighted by molar-refractivity contribution is -0.139. The van der Waals surface area contributed by atoms with Crippen LogP contribution in [0.5, 0.6) is 0 Å². The molecule has 0 aliphatic heterocycles. The van der Waals surface area contributed by atoms with Gasteiger partial charge in [0.25, 0.3) is 0 Å². The summed E-state index contributed by atoms with van der Waals surface area (Å²) in [6, 6.07) is 6.25. The van der Waals surface area contributed by atoms with Gasteiger partial charge in [-0.15, -0.1) is 11.6 Å². The fraction of sp³-hybridized carbons (Fsp3) is 0.500. The Hall–Kier alpha value is -1.95. The van der Waals surface area contributed by atoms with Crippen LogP contribution in [0.2, 0.25) is 0 Å². The van der Waals surface area contributed by atoms with E-state index < -0.39 is 23.7 Å². The summed E-state index contributed by atoms with van der Waals surface area (Å²) < 4.78 is 5.08. The van der Waals surface area contributed by atoms with Crippen molar-refractivity contribution in [3.8, 4) is 0 Å². The maximum Gasteiger partial charge on any atom is 0.408 e. The SMILES string of the molecule is CC(C)(C)OC(=O)N[C@@H](Cc1ccc(NCCCl)cc1)C(=O)O. The molecule has 23 heavy (non-hydrogen) atoms. The number of carboxylic acids is 1. The van der Waals surface area contributed by atoms with Gasteiger partial charge in [0.15, 0.2) is 0 Å². The minimum absolute atomic E-state index is 0.171. The number of halogens is 1. The normalized spacial score (nSPS) is 12.3. The van der Waals surface area contributed by atoms with Crippen molar-refractivity contribution < 1.29 is 19.4 Å². The highest BCUT2D eigenvalue weighted by Gasteiger charge is 2.24. The zero-order valence-corrected chi connectivity index (χ0v) is 14.3. The van der Waals surface area contributed by atoms with Crippen LogP contribution in [0.4, 0.5) is 10.5 Å². The van der Waals surface area contributed by atoms with Crippen LogP contribution in [0, 0.1) is 0 Å². The van der Waals surface area contributed by atoms with Crippen LogP contribution in [0.1, 0.15) is 26.3 Å². The van der Waals surface area contributed by atoms with E-state index in [9.17, 15) is 14.7 Å². The molecule has 0 saturated carbocycles. The van der Waals surface area contributed by atoms with Crippen LogP contribution < -0.4 is 10.6 Å². The van der Waals surface area contributed by atoms with Crippen molar-refractivity contribution in [3.05, 3.63) is 29.8 Å². The highest BCUT2D eigenvalue weighted by atomic mass is 35.5. The number of carbonyl (C=O) groups is 2. The van der Waals surface area contributed by atoms with E-state index in [1.165, 1.54) is 0 Å². The Balaban J connectivity index is 2.65. The van der Waals surface area contributed by atoms with Crippen molar-refractivity contribution in [1.29, 1.82) is 0 Å². The average Bonchev–Trinajstić information content (AvgIpc) is 2.43. The van der Waals surface area contributed by atoms with Gasteiger partial charge in [0.05, 0.1) is 0 Å². The third-order valence-electron chi connectivity index (χ3n) is 2.81. The largest absolute Gasteiger partial charge is 0.480 e. The van der Waals surface area contributed by atoms with Crippen molar-refractivity contribution in [3.63, 3.8) is 0 Å². The molecule has 6 nitrogen and oxygen atoms in total. The first-order chi connectivity index (χ1) is 10.7. The fourth-order valence-electron chi connectivity index (χ4n) is 1.84. The topological polar surface area (TPSA) is 87.7 Å². The monoisotopic (exact) mass is 342 g/mol. The van der Waals surface area contributed by atoms with E-state index in [-0.39, 0.29) is 6.42 Å². The standard InChI is InChI=1S/C16H23ClN2O4/c1-16(2,3)23-15(22)19-13(14(20)21)10-11-4-6-12(7-5-11)18-9-8-17/h4-7,13,18H,8-10H2,1-3H3,(H,19,22)(H,20,21)/t13-/m0/s1. The third kappa shape index (κ3) is 7.74. The maximum atomic E-state index is 11.7. The number of amides is 1. The molecule has 0 aliphatic rings. The van der Waals surface area contributed by atoms with E-state index in [1.54, 1.807) is 20.8 Å². The summed E-state index contributed by atoms with van der Waals surface area (Å²) in [5.41, 5.74) is 1.02. The van der Waals surface area contributed by atoms with E-state index in [4.69, 9.17) is 16.3 Å². The number of anilines is 1. The number of nitrogens with one attached hydrogen (secondary N) is 2. The number of rotatable bonds is 7. The Kier molecular flexibility index (Phi) is 7.16. The minimum Gasteiger partial charge on any atom is -0.480 e. The smallest absolute Gasteiger partial charge is 0.408 e. The second-order valence-corrected chi connectivity index (χ2v) is 6.43. The van der Waals surface area contributed by atoms with E-state index in [0.29, 0.717) is 12.4 Å². The summed E-state index contributed by atoms with van der Waals surface area (Å²) in [6.45, 7) is 5.80. The summed E-state index contributed by atoms with van der Waals surface area (Å²) in [6.07, 6.45) is -0.574. The molecule has 0 aromatic heterocycles. The van der Waals surface area contributed by atoms with Gasteiger partial charge >= 0.3 is 12.1 Å². The van der Waals surface area contributed by atoms with Gasteiger partial charge in [-0.1, -0.05) is 12.1 Å². The summed E-state index contributed by atoms with van der Waals surface area (Å²) in [7, 11) is 0. The number of ether oxygens (including phenoxy) is 1. The van der Waals surface area contributed by atoms with Crippen molar-refractivity contribution >= 4 is 29.4 Å². The molecule has 0 aliphatic carbocycles. The molecule has 1 atom stereocenters. The molecular formula is C16H23ClN2O4. The van der Waals surface area contributed by atoms with Gasteiger partial charge in [-0.25, -0.2) is 9.59 Å². The molecule has 0 radical (unpaired) electrons. The highest BCUT2D eigenvalue weighted by molar-refractivity contribution is 6.18. The predicted molar refractivity (Wildman–Crippen MR) is 90.1 cm³/mol. The second kappa shape index (κ2) is 8.62. The van der Waals surface area contributed by atoms with E-state index in [1.807, 2.05) is 24.3 Å². The number of carbonyl (C=O) groups excluding carboxylic acids is 1. The van der Waals surface area contributed by atoms with Gasteiger partial charge in [0, 0.05) is 24.5 Å². The van der Waals surface area contributed by atoms with Crippen molar-refractivity contribution in [1.82, 2.24) is 5.32 Å². The van der Waals surface area contributed by atoms with Crippen LogP contribution in [-0.4, -0.2) is 41.2 Å². The molecule has 0 fully saturated rings. The molecule has 128 valence electrons. The zero-order chi connectivity index (χ0) is 17.5. The number of carboxylic acid groups (broad SMARTS) is 1. The molecule has 7 heteroatoms. The van der Waals surface area contributed by atoms with Crippen LogP contribution in [0.25, 0.3) is 0 Å². The third-order valence-corrected chi connectivity index (χ3v) is 3.00. The van der Waals surface area contributed by atoms with Crippen molar-refractivity contribution in [2.45, 2.75) is 38.8 Å². The lowest BCUT2D eigenvalue weighted by Crippen LogP contribution is -2.44. The summed E-state index contributed by atoms with van der Waals surface area (Å²) >= 11 is 5.60. The molecule has 1 amide bonds. The fourth-order valence-corrected chi connectivity index (χ4v) is 1.93. The first-order valence-electron chi connectivity index (χ1n) is 7.32. The predicted octanol–water partition coefficient (Wildman–Crippen LogP) is 2.86. The van der Waals surface area contributed by atoms with Crippen molar-refractivity contribution in [2.75, 3.05) is 17.7 Å².